The maximum absolute atomic E-state index is 13.2. The fourth-order valence-electron chi connectivity index (χ4n) is 1.67. The summed E-state index contributed by atoms with van der Waals surface area (Å²) in [5.41, 5.74) is 5.23. The first-order valence-electron chi connectivity index (χ1n) is 5.71. The molecule has 100 valence electrons. The van der Waals surface area contributed by atoms with Crippen LogP contribution in [0.1, 0.15) is 12.3 Å². The van der Waals surface area contributed by atoms with Gasteiger partial charge in [0, 0.05) is 12.5 Å². The molecule has 0 aliphatic rings. The molecule has 0 saturated heterocycles. The van der Waals surface area contributed by atoms with Crippen molar-refractivity contribution in [2.75, 3.05) is 6.54 Å². The summed E-state index contributed by atoms with van der Waals surface area (Å²) in [6.07, 6.45) is 2.60. The molecule has 0 aliphatic carbocycles. The molecule has 1 aromatic carbocycles. The molecule has 2 aromatic rings. The lowest BCUT2D eigenvalue weighted by Crippen LogP contribution is -2.00. The van der Waals surface area contributed by atoms with Gasteiger partial charge in [-0.3, -0.25) is 10.1 Å². The highest BCUT2D eigenvalue weighted by molar-refractivity contribution is 5.68. The zero-order chi connectivity index (χ0) is 13.8. The van der Waals surface area contributed by atoms with E-state index in [1.54, 1.807) is 0 Å². The number of hydrogen-bond acceptors (Lipinski definition) is 5. The van der Waals surface area contributed by atoms with Gasteiger partial charge in [-0.2, -0.15) is 0 Å². The van der Waals surface area contributed by atoms with Crippen molar-refractivity contribution < 1.29 is 13.7 Å². The number of nitro groups is 1. The van der Waals surface area contributed by atoms with E-state index in [0.29, 0.717) is 25.3 Å². The molecule has 0 unspecified atom stereocenters. The maximum atomic E-state index is 13.2. The van der Waals surface area contributed by atoms with Gasteiger partial charge in [0.2, 0.25) is 0 Å². The fourth-order valence-corrected chi connectivity index (χ4v) is 1.67. The average molecular weight is 265 g/mol. The predicted molar refractivity (Wildman–Crippen MR) is 65.9 cm³/mol. The van der Waals surface area contributed by atoms with Crippen LogP contribution in [0.4, 0.5) is 10.1 Å². The lowest BCUT2D eigenvalue weighted by atomic mass is 10.1. The van der Waals surface area contributed by atoms with Crippen molar-refractivity contribution in [2.24, 2.45) is 5.73 Å². The van der Waals surface area contributed by atoms with Crippen molar-refractivity contribution >= 4 is 5.69 Å². The lowest BCUT2D eigenvalue weighted by Gasteiger charge is -1.99. The third kappa shape index (κ3) is 2.94. The Morgan fingerprint density at radius 1 is 1.47 bits per heavy atom. The van der Waals surface area contributed by atoms with E-state index in [2.05, 4.69) is 4.98 Å². The Morgan fingerprint density at radius 2 is 2.26 bits per heavy atom. The Hall–Kier alpha value is -2.28. The van der Waals surface area contributed by atoms with Gasteiger partial charge in [0.15, 0.2) is 11.7 Å². The third-order valence-electron chi connectivity index (χ3n) is 2.57. The minimum Gasteiger partial charge on any atom is -0.440 e. The molecule has 2 N–H and O–H groups in total. The van der Waals surface area contributed by atoms with E-state index < -0.39 is 10.7 Å². The van der Waals surface area contributed by atoms with Crippen LogP contribution in [0.15, 0.2) is 28.8 Å². The zero-order valence-corrected chi connectivity index (χ0v) is 10.0. The van der Waals surface area contributed by atoms with Crippen LogP contribution in [0.3, 0.4) is 0 Å². The van der Waals surface area contributed by atoms with E-state index in [-0.39, 0.29) is 17.0 Å². The molecule has 6 nitrogen and oxygen atoms in total. The van der Waals surface area contributed by atoms with Crippen molar-refractivity contribution in [3.8, 4) is 11.3 Å². The summed E-state index contributed by atoms with van der Waals surface area (Å²) >= 11 is 0. The summed E-state index contributed by atoms with van der Waals surface area (Å²) in [6.45, 7) is 0.498. The highest BCUT2D eigenvalue weighted by Gasteiger charge is 2.19. The van der Waals surface area contributed by atoms with E-state index >= 15 is 0 Å². The van der Waals surface area contributed by atoms with Gasteiger partial charge in [-0.25, -0.2) is 9.37 Å². The number of nitro benzene ring substituents is 1. The highest BCUT2D eigenvalue weighted by Crippen LogP contribution is 2.31. The Bertz CT molecular complexity index is 598. The van der Waals surface area contributed by atoms with Gasteiger partial charge in [0.25, 0.3) is 5.69 Å². The van der Waals surface area contributed by atoms with E-state index in [9.17, 15) is 14.5 Å². The zero-order valence-electron chi connectivity index (χ0n) is 10.0. The summed E-state index contributed by atoms with van der Waals surface area (Å²) in [7, 11) is 0. The van der Waals surface area contributed by atoms with Crippen LogP contribution in [-0.2, 0) is 6.42 Å². The first kappa shape index (κ1) is 13.2. The molecule has 0 amide bonds. The first-order valence-corrected chi connectivity index (χ1v) is 5.71. The number of hydrogen-bond donors (Lipinski definition) is 1. The molecule has 1 heterocycles. The molecule has 0 radical (unpaired) electrons. The smallest absolute Gasteiger partial charge is 0.280 e. The number of nitrogens with zero attached hydrogens (tertiary/aromatic N) is 2. The second-order valence-corrected chi connectivity index (χ2v) is 3.93. The largest absolute Gasteiger partial charge is 0.440 e. The molecule has 0 bridgehead atoms. The molecule has 0 atom stereocenters. The van der Waals surface area contributed by atoms with Crippen LogP contribution in [0.2, 0.25) is 0 Å². The molecule has 19 heavy (non-hydrogen) atoms. The molecule has 0 fully saturated rings. The molecule has 7 heteroatoms. The van der Waals surface area contributed by atoms with E-state index in [4.69, 9.17) is 10.2 Å². The van der Waals surface area contributed by atoms with Crippen LogP contribution in [-0.4, -0.2) is 16.5 Å². The number of halogens is 1. The van der Waals surface area contributed by atoms with Crippen molar-refractivity contribution in [3.63, 3.8) is 0 Å². The molecule has 0 aliphatic heterocycles. The van der Waals surface area contributed by atoms with E-state index in [1.807, 2.05) is 0 Å². The van der Waals surface area contributed by atoms with Crippen molar-refractivity contribution in [1.82, 2.24) is 4.98 Å². The van der Waals surface area contributed by atoms with Gasteiger partial charge in [-0.1, -0.05) is 0 Å². The molecular weight excluding hydrogens is 253 g/mol. The van der Waals surface area contributed by atoms with Crippen LogP contribution in [0.5, 0.6) is 0 Å². The summed E-state index contributed by atoms with van der Waals surface area (Å²) in [4.78, 5) is 14.3. The summed E-state index contributed by atoms with van der Waals surface area (Å²) < 4.78 is 18.6. The number of rotatable bonds is 5. The van der Waals surface area contributed by atoms with Crippen molar-refractivity contribution in [1.29, 1.82) is 0 Å². The quantitative estimate of drug-likeness (QED) is 0.661. The van der Waals surface area contributed by atoms with Crippen LogP contribution < -0.4 is 5.73 Å². The molecule has 2 rings (SSSR count). The normalized spacial score (nSPS) is 10.6. The standard InChI is InChI=1S/C12H12FN3O3/c13-8-3-4-10(16(17)18)9(6-8)11-7-15-12(19-11)2-1-5-14/h3-4,6-7H,1-2,5,14H2. The van der Waals surface area contributed by atoms with E-state index in [1.165, 1.54) is 6.20 Å². The summed E-state index contributed by atoms with van der Waals surface area (Å²) in [5, 5.41) is 10.9. The number of benzene rings is 1. The van der Waals surface area contributed by atoms with Gasteiger partial charge in [-0.15, -0.1) is 0 Å². The van der Waals surface area contributed by atoms with E-state index in [0.717, 1.165) is 18.2 Å². The monoisotopic (exact) mass is 265 g/mol. The Kier molecular flexibility index (Phi) is 3.86. The highest BCUT2D eigenvalue weighted by atomic mass is 19.1. The number of nitrogens with two attached hydrogens (primary N) is 1. The number of aromatic nitrogens is 1. The van der Waals surface area contributed by atoms with Gasteiger partial charge in [-0.05, 0) is 25.1 Å². The molecular formula is C12H12FN3O3. The molecule has 0 saturated carbocycles. The number of oxazole rings is 1. The Labute approximate surface area is 108 Å². The second-order valence-electron chi connectivity index (χ2n) is 3.93. The maximum Gasteiger partial charge on any atom is 0.280 e. The molecule has 1 aromatic heterocycles. The summed E-state index contributed by atoms with van der Waals surface area (Å²) in [5.74, 6) is 0.0396. The van der Waals surface area contributed by atoms with Crippen molar-refractivity contribution in [3.05, 3.63) is 46.2 Å². The Morgan fingerprint density at radius 3 is 2.95 bits per heavy atom. The van der Waals surface area contributed by atoms with Gasteiger partial charge >= 0.3 is 0 Å². The van der Waals surface area contributed by atoms with Gasteiger partial charge in [0.05, 0.1) is 16.7 Å². The number of aryl methyl sites for hydroxylation is 1. The first-order chi connectivity index (χ1) is 9.11. The summed E-state index contributed by atoms with van der Waals surface area (Å²) in [6, 6.07) is 3.20. The minimum absolute atomic E-state index is 0.0801. The van der Waals surface area contributed by atoms with Crippen LogP contribution in [0.25, 0.3) is 11.3 Å². The fraction of sp³-hybridized carbons (Fsp3) is 0.250. The third-order valence-corrected chi connectivity index (χ3v) is 2.57. The molecule has 0 spiro atoms. The SMILES string of the molecule is NCCCc1ncc(-c2cc(F)ccc2[N+](=O)[O-])o1. The van der Waals surface area contributed by atoms with Crippen LogP contribution >= 0.6 is 0 Å². The van der Waals surface area contributed by atoms with Gasteiger partial charge in [0.1, 0.15) is 5.82 Å². The average Bonchev–Trinajstić information content (AvgIpc) is 2.84. The van der Waals surface area contributed by atoms with Crippen molar-refractivity contribution in [2.45, 2.75) is 12.8 Å². The minimum atomic E-state index is -0.586. The van der Waals surface area contributed by atoms with Crippen LogP contribution in [0, 0.1) is 15.9 Å². The Balaban J connectivity index is 2.37. The second kappa shape index (κ2) is 5.57. The van der Waals surface area contributed by atoms with Gasteiger partial charge < -0.3 is 10.2 Å². The topological polar surface area (TPSA) is 95.2 Å². The predicted octanol–water partition coefficient (Wildman–Crippen LogP) is 2.28. The lowest BCUT2D eigenvalue weighted by molar-refractivity contribution is -0.384.